The van der Waals surface area contributed by atoms with Crippen molar-refractivity contribution in [3.8, 4) is 5.75 Å². The zero-order valence-electron chi connectivity index (χ0n) is 14.9. The zero-order chi connectivity index (χ0) is 17.0. The van der Waals surface area contributed by atoms with Gasteiger partial charge in [-0.05, 0) is 44.1 Å². The molecule has 1 aliphatic rings. The summed E-state index contributed by atoms with van der Waals surface area (Å²) in [5.41, 5.74) is 1.35. The first-order valence-electron chi connectivity index (χ1n) is 8.82. The van der Waals surface area contributed by atoms with E-state index in [4.69, 9.17) is 4.74 Å². The molecule has 0 aromatic heterocycles. The van der Waals surface area contributed by atoms with E-state index < -0.39 is 5.41 Å². The van der Waals surface area contributed by atoms with Gasteiger partial charge in [-0.25, -0.2) is 0 Å². The average Bonchev–Trinajstić information content (AvgIpc) is 2.92. The Balaban J connectivity index is 0.00000225. The van der Waals surface area contributed by atoms with Crippen molar-refractivity contribution < 1.29 is 9.53 Å². The van der Waals surface area contributed by atoms with Crippen LogP contribution in [0.2, 0.25) is 0 Å². The van der Waals surface area contributed by atoms with Gasteiger partial charge in [0.25, 0.3) is 0 Å². The Labute approximate surface area is 156 Å². The highest BCUT2D eigenvalue weighted by Crippen LogP contribution is 2.47. The van der Waals surface area contributed by atoms with Gasteiger partial charge >= 0.3 is 5.97 Å². The summed E-state index contributed by atoms with van der Waals surface area (Å²) < 4.78 is 5.63. The van der Waals surface area contributed by atoms with Crippen LogP contribution < -0.4 is 4.74 Å². The normalized spacial score (nSPS) is 18.6. The smallest absolute Gasteiger partial charge is 0.326 e. The lowest BCUT2D eigenvalue weighted by molar-refractivity contribution is -0.137. The molecular weight excluding hydrogens is 334 g/mol. The van der Waals surface area contributed by atoms with Crippen molar-refractivity contribution in [1.29, 1.82) is 0 Å². The summed E-state index contributed by atoms with van der Waals surface area (Å²) in [5.74, 6) is 0.559. The number of ether oxygens (including phenoxy) is 1. The molecule has 134 valence electrons. The number of esters is 1. The van der Waals surface area contributed by atoms with E-state index in [1.807, 2.05) is 54.6 Å². The second-order valence-electron chi connectivity index (χ2n) is 6.29. The van der Waals surface area contributed by atoms with E-state index in [9.17, 15) is 4.79 Å². The molecule has 0 saturated heterocycles. The average molecular weight is 360 g/mol. The third-order valence-electron chi connectivity index (χ3n) is 5.09. The van der Waals surface area contributed by atoms with Gasteiger partial charge in [-0.3, -0.25) is 4.79 Å². The van der Waals surface area contributed by atoms with Gasteiger partial charge in [0, 0.05) is 5.56 Å². The Hall–Kier alpha value is -1.84. The molecule has 1 heterocycles. The van der Waals surface area contributed by atoms with Gasteiger partial charge in [0.2, 0.25) is 0 Å². The third-order valence-corrected chi connectivity index (χ3v) is 5.09. The van der Waals surface area contributed by atoms with Crippen molar-refractivity contribution in [2.75, 3.05) is 19.6 Å². The Morgan fingerprint density at radius 1 is 0.960 bits per heavy atom. The highest BCUT2D eigenvalue weighted by molar-refractivity contribution is 5.94. The van der Waals surface area contributed by atoms with Gasteiger partial charge < -0.3 is 9.64 Å². The molecular formula is C21H26ClNO2. The highest BCUT2D eigenvalue weighted by atomic mass is 35.5. The molecule has 2 aromatic carbocycles. The first-order chi connectivity index (χ1) is 11.7. The van der Waals surface area contributed by atoms with Crippen molar-refractivity contribution in [3.63, 3.8) is 0 Å². The van der Waals surface area contributed by atoms with Crippen LogP contribution in [0.3, 0.4) is 0 Å². The maximum atomic E-state index is 12.9. The fraction of sp³-hybridized carbons (Fsp3) is 0.381. The summed E-state index contributed by atoms with van der Waals surface area (Å²) in [7, 11) is 0. The molecule has 4 heteroatoms. The number of nitrogens with zero attached hydrogens (tertiary/aromatic N) is 1. The molecule has 2 aromatic rings. The Bertz CT molecular complexity index is 700. The summed E-state index contributed by atoms with van der Waals surface area (Å²) in [5, 5.41) is 0. The maximum absolute atomic E-state index is 12.9. The van der Waals surface area contributed by atoms with E-state index in [1.54, 1.807) is 0 Å². The number of rotatable bonds is 7. The minimum Gasteiger partial charge on any atom is -0.425 e. The van der Waals surface area contributed by atoms with Gasteiger partial charge in [0.1, 0.15) is 11.2 Å². The van der Waals surface area contributed by atoms with Crippen LogP contribution in [0.4, 0.5) is 0 Å². The summed E-state index contributed by atoms with van der Waals surface area (Å²) in [6, 6.07) is 17.9. The number of carbonyl (C=O) groups is 1. The molecule has 0 spiro atoms. The lowest BCUT2D eigenvalue weighted by Gasteiger charge is -2.28. The number of hydrogen-bond acceptors (Lipinski definition) is 3. The van der Waals surface area contributed by atoms with Crippen molar-refractivity contribution >= 4 is 18.4 Å². The number of para-hydroxylation sites is 1. The molecule has 3 rings (SSSR count). The first-order valence-corrected chi connectivity index (χ1v) is 8.82. The van der Waals surface area contributed by atoms with Crippen LogP contribution in [-0.4, -0.2) is 30.5 Å². The highest BCUT2D eigenvalue weighted by Gasteiger charge is 2.49. The van der Waals surface area contributed by atoms with Gasteiger partial charge in [0.05, 0.1) is 0 Å². The van der Waals surface area contributed by atoms with Crippen LogP contribution in [0.1, 0.15) is 37.8 Å². The minimum atomic E-state index is -0.676. The van der Waals surface area contributed by atoms with Crippen molar-refractivity contribution in [2.24, 2.45) is 0 Å². The molecule has 1 unspecified atom stereocenters. The van der Waals surface area contributed by atoms with Crippen LogP contribution in [0.5, 0.6) is 5.75 Å². The Morgan fingerprint density at radius 2 is 1.60 bits per heavy atom. The third kappa shape index (κ3) is 3.58. The molecule has 3 nitrogen and oxygen atoms in total. The molecule has 0 radical (unpaired) electrons. The van der Waals surface area contributed by atoms with Gasteiger partial charge in [0.15, 0.2) is 0 Å². The molecule has 0 N–H and O–H groups in total. The molecule has 0 aliphatic carbocycles. The molecule has 0 fully saturated rings. The van der Waals surface area contributed by atoms with Crippen LogP contribution >= 0.6 is 12.4 Å². The van der Waals surface area contributed by atoms with Gasteiger partial charge in [-0.15, -0.1) is 12.4 Å². The molecule has 0 saturated carbocycles. The quantitative estimate of drug-likeness (QED) is 0.541. The number of fused-ring (bicyclic) bond motifs is 1. The minimum absolute atomic E-state index is 0. The van der Waals surface area contributed by atoms with Gasteiger partial charge in [-0.1, -0.05) is 62.4 Å². The zero-order valence-corrected chi connectivity index (χ0v) is 15.7. The van der Waals surface area contributed by atoms with Gasteiger partial charge in [-0.2, -0.15) is 0 Å². The van der Waals surface area contributed by atoms with E-state index >= 15 is 0 Å². The maximum Gasteiger partial charge on any atom is 0.326 e. The standard InChI is InChI=1S/C21H25NO2.ClH/c1-3-22(4-2)16-10-15-21(17-11-6-5-7-12-17)18-13-8-9-14-19(18)24-20(21)23;/h5-9,11-14H,3-4,10,15-16H2,1-2H3;1H. The first kappa shape index (κ1) is 19.5. The lowest BCUT2D eigenvalue weighted by atomic mass is 9.72. The lowest BCUT2D eigenvalue weighted by Crippen LogP contribution is -2.36. The van der Waals surface area contributed by atoms with Crippen LogP contribution in [0.15, 0.2) is 54.6 Å². The summed E-state index contributed by atoms with van der Waals surface area (Å²) in [6.45, 7) is 7.42. The topological polar surface area (TPSA) is 29.5 Å². The van der Waals surface area contributed by atoms with Crippen LogP contribution in [-0.2, 0) is 10.2 Å². The van der Waals surface area contributed by atoms with Crippen LogP contribution in [0.25, 0.3) is 0 Å². The molecule has 1 atom stereocenters. The van der Waals surface area contributed by atoms with Crippen molar-refractivity contribution in [3.05, 3.63) is 65.7 Å². The molecule has 25 heavy (non-hydrogen) atoms. The number of halogens is 1. The molecule has 0 bridgehead atoms. The monoisotopic (exact) mass is 359 g/mol. The Morgan fingerprint density at radius 3 is 2.28 bits per heavy atom. The second-order valence-corrected chi connectivity index (χ2v) is 6.29. The summed E-state index contributed by atoms with van der Waals surface area (Å²) >= 11 is 0. The SMILES string of the molecule is CCN(CC)CCCC1(c2ccccc2)C(=O)Oc2ccccc21.Cl. The largest absolute Gasteiger partial charge is 0.425 e. The summed E-state index contributed by atoms with van der Waals surface area (Å²) in [6.07, 6.45) is 1.73. The van der Waals surface area contributed by atoms with E-state index in [1.165, 1.54) is 0 Å². The molecule has 1 aliphatic heterocycles. The molecule has 0 amide bonds. The van der Waals surface area contributed by atoms with E-state index in [2.05, 4.69) is 18.7 Å². The van der Waals surface area contributed by atoms with Crippen LogP contribution in [0, 0.1) is 0 Å². The number of carbonyl (C=O) groups excluding carboxylic acids is 1. The van der Waals surface area contributed by atoms with E-state index in [-0.39, 0.29) is 18.4 Å². The van der Waals surface area contributed by atoms with E-state index in [0.29, 0.717) is 5.75 Å². The predicted molar refractivity (Wildman–Crippen MR) is 104 cm³/mol. The predicted octanol–water partition coefficient (Wildman–Crippen LogP) is 4.44. The van der Waals surface area contributed by atoms with Crippen molar-refractivity contribution in [1.82, 2.24) is 4.90 Å². The fourth-order valence-electron chi connectivity index (χ4n) is 3.69. The van der Waals surface area contributed by atoms with E-state index in [0.717, 1.165) is 43.6 Å². The number of benzene rings is 2. The number of hydrogen-bond donors (Lipinski definition) is 0. The Kier molecular flexibility index (Phi) is 6.63. The second kappa shape index (κ2) is 8.50. The fourth-order valence-corrected chi connectivity index (χ4v) is 3.69. The van der Waals surface area contributed by atoms with Crippen molar-refractivity contribution in [2.45, 2.75) is 32.1 Å². The summed E-state index contributed by atoms with van der Waals surface area (Å²) in [4.78, 5) is 15.3.